The van der Waals surface area contributed by atoms with Crippen LogP contribution in [0.3, 0.4) is 0 Å². The van der Waals surface area contributed by atoms with Crippen molar-refractivity contribution in [3.8, 4) is 5.75 Å². The summed E-state index contributed by atoms with van der Waals surface area (Å²) in [7, 11) is 0.837. The van der Waals surface area contributed by atoms with E-state index in [2.05, 4.69) is 38.2 Å². The molecule has 0 saturated heterocycles. The lowest BCUT2D eigenvalue weighted by Gasteiger charge is -2.12. The Labute approximate surface area is 125 Å². The smallest absolute Gasteiger partial charge is 0.123 e. The van der Waals surface area contributed by atoms with Crippen LogP contribution in [0.1, 0.15) is 38.3 Å². The molecule has 1 rings (SSSR count). The Morgan fingerprint density at radius 1 is 1.35 bits per heavy atom. The molecule has 0 aliphatic rings. The summed E-state index contributed by atoms with van der Waals surface area (Å²) in [5, 5.41) is 3.38. The number of hydrogen-bond donors (Lipinski definition) is 1. The lowest BCUT2D eigenvalue weighted by molar-refractivity contribution is 0.411. The van der Waals surface area contributed by atoms with Crippen molar-refractivity contribution < 1.29 is 8.95 Å². The van der Waals surface area contributed by atoms with Gasteiger partial charge in [0.05, 0.1) is 12.9 Å². The quantitative estimate of drug-likeness (QED) is 0.712. The van der Waals surface area contributed by atoms with Crippen LogP contribution in [0.25, 0.3) is 0 Å². The molecule has 0 aliphatic carbocycles. The SMILES string of the molecule is CCCNCc1ccc(OC)c(CS(=O)CC(C)C)c1. The van der Waals surface area contributed by atoms with Gasteiger partial charge in [0, 0.05) is 28.7 Å². The second-order valence-electron chi connectivity index (χ2n) is 5.47. The Morgan fingerprint density at radius 2 is 2.10 bits per heavy atom. The summed E-state index contributed by atoms with van der Waals surface area (Å²) in [6, 6.07) is 6.15. The zero-order valence-electron chi connectivity index (χ0n) is 13.1. The first kappa shape index (κ1) is 17.2. The molecule has 0 spiro atoms. The largest absolute Gasteiger partial charge is 0.496 e. The van der Waals surface area contributed by atoms with Crippen molar-refractivity contribution in [2.75, 3.05) is 19.4 Å². The molecule has 3 nitrogen and oxygen atoms in total. The van der Waals surface area contributed by atoms with Crippen LogP contribution >= 0.6 is 0 Å². The number of nitrogens with one attached hydrogen (secondary N) is 1. The van der Waals surface area contributed by atoms with Crippen molar-refractivity contribution in [3.63, 3.8) is 0 Å². The van der Waals surface area contributed by atoms with Gasteiger partial charge >= 0.3 is 0 Å². The Bertz CT molecular complexity index is 432. The fourth-order valence-electron chi connectivity index (χ4n) is 2.07. The molecule has 0 aliphatic heterocycles. The Morgan fingerprint density at radius 3 is 2.70 bits per heavy atom. The van der Waals surface area contributed by atoms with Crippen molar-refractivity contribution >= 4 is 10.8 Å². The Balaban J connectivity index is 2.75. The predicted octanol–water partition coefficient (Wildman–Crippen LogP) is 3.10. The van der Waals surface area contributed by atoms with E-state index in [1.54, 1.807) is 7.11 Å². The number of methoxy groups -OCH3 is 1. The van der Waals surface area contributed by atoms with E-state index in [-0.39, 0.29) is 0 Å². The second kappa shape index (κ2) is 9.14. The third-order valence-corrected chi connectivity index (χ3v) is 4.61. The molecule has 0 fully saturated rings. The van der Waals surface area contributed by atoms with Crippen LogP contribution in [0.5, 0.6) is 5.75 Å². The molecule has 0 saturated carbocycles. The van der Waals surface area contributed by atoms with Crippen molar-refractivity contribution in [3.05, 3.63) is 29.3 Å². The van der Waals surface area contributed by atoms with E-state index in [0.29, 0.717) is 11.7 Å². The van der Waals surface area contributed by atoms with Crippen LogP contribution in [0.2, 0.25) is 0 Å². The standard InChI is InChI=1S/C16H27NO2S/c1-5-8-17-10-14-6-7-16(19-4)15(9-14)12-20(18)11-13(2)3/h6-7,9,13,17H,5,8,10-12H2,1-4H3. The average molecular weight is 297 g/mol. The zero-order chi connectivity index (χ0) is 15.0. The molecular formula is C16H27NO2S. The first-order valence-electron chi connectivity index (χ1n) is 7.28. The number of rotatable bonds is 9. The van der Waals surface area contributed by atoms with E-state index in [4.69, 9.17) is 4.74 Å². The van der Waals surface area contributed by atoms with Gasteiger partial charge in [0.15, 0.2) is 0 Å². The summed E-state index contributed by atoms with van der Waals surface area (Å²) >= 11 is 0. The Hall–Kier alpha value is -0.870. The van der Waals surface area contributed by atoms with E-state index < -0.39 is 10.8 Å². The summed E-state index contributed by atoms with van der Waals surface area (Å²) in [6.45, 7) is 8.21. The van der Waals surface area contributed by atoms with Crippen LogP contribution in [0, 0.1) is 5.92 Å². The third-order valence-electron chi connectivity index (χ3n) is 2.94. The van der Waals surface area contributed by atoms with Gasteiger partial charge in [-0.3, -0.25) is 4.21 Å². The second-order valence-corrected chi connectivity index (χ2v) is 6.97. The highest BCUT2D eigenvalue weighted by molar-refractivity contribution is 7.84. The van der Waals surface area contributed by atoms with Gasteiger partial charge in [-0.15, -0.1) is 0 Å². The highest BCUT2D eigenvalue weighted by Gasteiger charge is 2.10. The summed E-state index contributed by atoms with van der Waals surface area (Å²) < 4.78 is 17.5. The monoisotopic (exact) mass is 297 g/mol. The van der Waals surface area contributed by atoms with Crippen molar-refractivity contribution in [2.24, 2.45) is 5.92 Å². The van der Waals surface area contributed by atoms with E-state index in [1.807, 2.05) is 6.07 Å². The molecule has 1 aromatic carbocycles. The molecule has 1 N–H and O–H groups in total. The summed E-state index contributed by atoms with van der Waals surface area (Å²) in [6.07, 6.45) is 1.13. The fraction of sp³-hybridized carbons (Fsp3) is 0.625. The summed E-state index contributed by atoms with van der Waals surface area (Å²) in [4.78, 5) is 0. The van der Waals surface area contributed by atoms with Gasteiger partial charge in [-0.05, 0) is 36.6 Å². The minimum absolute atomic E-state index is 0.455. The van der Waals surface area contributed by atoms with Crippen molar-refractivity contribution in [1.82, 2.24) is 5.32 Å². The maximum atomic E-state index is 12.1. The molecule has 1 atom stereocenters. The maximum absolute atomic E-state index is 12.1. The van der Waals surface area contributed by atoms with Gasteiger partial charge < -0.3 is 10.1 Å². The van der Waals surface area contributed by atoms with E-state index in [0.717, 1.165) is 36.6 Å². The molecule has 20 heavy (non-hydrogen) atoms. The first-order valence-corrected chi connectivity index (χ1v) is 8.77. The molecule has 4 heteroatoms. The average Bonchev–Trinajstić information content (AvgIpc) is 2.38. The molecule has 0 bridgehead atoms. The van der Waals surface area contributed by atoms with Gasteiger partial charge in [-0.25, -0.2) is 0 Å². The van der Waals surface area contributed by atoms with E-state index in [1.165, 1.54) is 5.56 Å². The van der Waals surface area contributed by atoms with Crippen molar-refractivity contribution in [2.45, 2.75) is 39.5 Å². The molecule has 114 valence electrons. The molecule has 1 aromatic rings. The molecule has 0 radical (unpaired) electrons. The van der Waals surface area contributed by atoms with Crippen LogP contribution in [0.4, 0.5) is 0 Å². The topological polar surface area (TPSA) is 38.3 Å². The van der Waals surface area contributed by atoms with Crippen LogP contribution < -0.4 is 10.1 Å². The summed E-state index contributed by atoms with van der Waals surface area (Å²) in [5.41, 5.74) is 2.26. The van der Waals surface area contributed by atoms with Gasteiger partial charge in [0.2, 0.25) is 0 Å². The minimum atomic E-state index is -0.829. The molecule has 0 amide bonds. The molecule has 1 unspecified atom stereocenters. The molecule has 0 aromatic heterocycles. The predicted molar refractivity (Wildman–Crippen MR) is 86.5 cm³/mol. The lowest BCUT2D eigenvalue weighted by Crippen LogP contribution is -2.14. The highest BCUT2D eigenvalue weighted by Crippen LogP contribution is 2.22. The number of ether oxygens (including phenoxy) is 1. The van der Waals surface area contributed by atoms with Gasteiger partial charge in [0.25, 0.3) is 0 Å². The van der Waals surface area contributed by atoms with Gasteiger partial charge in [-0.1, -0.05) is 26.8 Å². The molecule has 0 heterocycles. The van der Waals surface area contributed by atoms with Gasteiger partial charge in [0.1, 0.15) is 5.75 Å². The number of hydrogen-bond acceptors (Lipinski definition) is 3. The normalized spacial score (nSPS) is 12.7. The van der Waals surface area contributed by atoms with Crippen LogP contribution in [-0.2, 0) is 23.1 Å². The summed E-state index contributed by atoms with van der Waals surface area (Å²) in [5.74, 6) is 2.60. The first-order chi connectivity index (χ1) is 9.56. The molecular weight excluding hydrogens is 270 g/mol. The Kier molecular flexibility index (Phi) is 7.85. The lowest BCUT2D eigenvalue weighted by atomic mass is 10.1. The number of benzene rings is 1. The van der Waals surface area contributed by atoms with Crippen molar-refractivity contribution in [1.29, 1.82) is 0 Å². The highest BCUT2D eigenvalue weighted by atomic mass is 32.2. The van der Waals surface area contributed by atoms with Gasteiger partial charge in [-0.2, -0.15) is 0 Å². The van der Waals surface area contributed by atoms with E-state index >= 15 is 0 Å². The van der Waals surface area contributed by atoms with Crippen LogP contribution in [-0.4, -0.2) is 23.6 Å². The fourth-order valence-corrected chi connectivity index (χ4v) is 3.50. The maximum Gasteiger partial charge on any atom is 0.123 e. The third kappa shape index (κ3) is 6.06. The zero-order valence-corrected chi connectivity index (χ0v) is 13.9. The minimum Gasteiger partial charge on any atom is -0.496 e. The van der Waals surface area contributed by atoms with E-state index in [9.17, 15) is 4.21 Å². The van der Waals surface area contributed by atoms with Crippen LogP contribution in [0.15, 0.2) is 18.2 Å².